The number of nitrogens with one attached hydrogen (secondary N) is 1. The van der Waals surface area contributed by atoms with Gasteiger partial charge in [0.2, 0.25) is 0 Å². The van der Waals surface area contributed by atoms with Gasteiger partial charge >= 0.3 is 0 Å². The van der Waals surface area contributed by atoms with E-state index in [9.17, 15) is 0 Å². The van der Waals surface area contributed by atoms with Gasteiger partial charge in [-0.2, -0.15) is 11.8 Å². The topological polar surface area (TPSA) is 47.3 Å². The van der Waals surface area contributed by atoms with E-state index in [4.69, 9.17) is 10.6 Å². The SMILES string of the molecule is C=C(C)CCC(NN)C1CSCCO1. The van der Waals surface area contributed by atoms with Gasteiger partial charge in [0, 0.05) is 17.5 Å². The number of nitrogens with two attached hydrogens (primary N) is 1. The lowest BCUT2D eigenvalue weighted by Gasteiger charge is -2.29. The third-order valence-corrected chi connectivity index (χ3v) is 3.41. The lowest BCUT2D eigenvalue weighted by molar-refractivity contribution is 0.0449. The van der Waals surface area contributed by atoms with Crippen molar-refractivity contribution in [3.05, 3.63) is 12.2 Å². The van der Waals surface area contributed by atoms with Gasteiger partial charge in [0.15, 0.2) is 0 Å². The quantitative estimate of drug-likeness (QED) is 0.413. The first-order valence-electron chi connectivity index (χ1n) is 5.04. The summed E-state index contributed by atoms with van der Waals surface area (Å²) in [5.74, 6) is 7.67. The minimum absolute atomic E-state index is 0.262. The Hall–Kier alpha value is -0.0300. The highest BCUT2D eigenvalue weighted by Crippen LogP contribution is 2.18. The molecule has 0 bridgehead atoms. The van der Waals surface area contributed by atoms with Gasteiger partial charge in [-0.05, 0) is 19.8 Å². The second-order valence-electron chi connectivity index (χ2n) is 3.75. The van der Waals surface area contributed by atoms with Gasteiger partial charge in [0.1, 0.15) is 0 Å². The first-order chi connectivity index (χ1) is 6.74. The van der Waals surface area contributed by atoms with E-state index >= 15 is 0 Å². The summed E-state index contributed by atoms with van der Waals surface area (Å²) in [5.41, 5.74) is 4.05. The molecule has 0 radical (unpaired) electrons. The van der Waals surface area contributed by atoms with Gasteiger partial charge < -0.3 is 4.74 Å². The van der Waals surface area contributed by atoms with Crippen LogP contribution in [0.3, 0.4) is 0 Å². The summed E-state index contributed by atoms with van der Waals surface area (Å²) in [4.78, 5) is 0. The maximum atomic E-state index is 5.67. The maximum absolute atomic E-state index is 5.67. The molecule has 14 heavy (non-hydrogen) atoms. The van der Waals surface area contributed by atoms with E-state index in [1.54, 1.807) is 0 Å². The number of allylic oxidation sites excluding steroid dienone is 1. The fraction of sp³-hybridized carbons (Fsp3) is 0.800. The van der Waals surface area contributed by atoms with Crippen molar-refractivity contribution in [2.45, 2.75) is 31.9 Å². The van der Waals surface area contributed by atoms with E-state index in [2.05, 4.69) is 12.0 Å². The van der Waals surface area contributed by atoms with Crippen LogP contribution in [0.2, 0.25) is 0 Å². The fourth-order valence-electron chi connectivity index (χ4n) is 1.52. The summed E-state index contributed by atoms with van der Waals surface area (Å²) < 4.78 is 5.67. The van der Waals surface area contributed by atoms with E-state index in [1.807, 2.05) is 18.7 Å². The number of hydrogen-bond donors (Lipinski definition) is 2. The smallest absolute Gasteiger partial charge is 0.0832 e. The first-order valence-corrected chi connectivity index (χ1v) is 6.19. The van der Waals surface area contributed by atoms with Gasteiger partial charge in [0.05, 0.1) is 12.7 Å². The molecule has 2 atom stereocenters. The van der Waals surface area contributed by atoms with Crippen molar-refractivity contribution in [2.75, 3.05) is 18.1 Å². The van der Waals surface area contributed by atoms with E-state index in [0.717, 1.165) is 31.0 Å². The molecule has 1 aliphatic rings. The highest BCUT2D eigenvalue weighted by molar-refractivity contribution is 7.99. The molecule has 0 aromatic carbocycles. The van der Waals surface area contributed by atoms with E-state index in [1.165, 1.54) is 5.57 Å². The molecular formula is C10H20N2OS. The third-order valence-electron chi connectivity index (χ3n) is 2.39. The van der Waals surface area contributed by atoms with Crippen molar-refractivity contribution in [3.8, 4) is 0 Å². The Morgan fingerprint density at radius 3 is 3.07 bits per heavy atom. The molecule has 4 heteroatoms. The zero-order chi connectivity index (χ0) is 10.4. The lowest BCUT2D eigenvalue weighted by Crippen LogP contribution is -2.47. The van der Waals surface area contributed by atoms with Crippen LogP contribution in [0.5, 0.6) is 0 Å². The van der Waals surface area contributed by atoms with Crippen LogP contribution in [0.15, 0.2) is 12.2 Å². The van der Waals surface area contributed by atoms with Crippen molar-refractivity contribution < 1.29 is 4.74 Å². The van der Waals surface area contributed by atoms with Crippen molar-refractivity contribution in [1.29, 1.82) is 0 Å². The predicted molar refractivity (Wildman–Crippen MR) is 62.2 cm³/mol. The Morgan fingerprint density at radius 1 is 1.79 bits per heavy atom. The molecule has 1 fully saturated rings. The molecule has 82 valence electrons. The maximum Gasteiger partial charge on any atom is 0.0832 e. The van der Waals surface area contributed by atoms with E-state index in [-0.39, 0.29) is 12.1 Å². The summed E-state index contributed by atoms with van der Waals surface area (Å²) in [6, 6.07) is 0.263. The van der Waals surface area contributed by atoms with Crippen LogP contribution in [0.25, 0.3) is 0 Å². The number of hydrogen-bond acceptors (Lipinski definition) is 4. The molecule has 3 N–H and O–H groups in total. The zero-order valence-corrected chi connectivity index (χ0v) is 9.61. The van der Waals surface area contributed by atoms with E-state index < -0.39 is 0 Å². The van der Waals surface area contributed by atoms with Crippen LogP contribution in [-0.4, -0.2) is 30.3 Å². The number of hydrazine groups is 1. The summed E-state index contributed by atoms with van der Waals surface area (Å²) in [5, 5.41) is 0. The third kappa shape index (κ3) is 4.00. The molecule has 0 saturated carbocycles. The minimum atomic E-state index is 0.262. The standard InChI is InChI=1S/C10H20N2OS/c1-8(2)3-4-9(12-11)10-7-14-6-5-13-10/h9-10,12H,1,3-7,11H2,2H3. The Kier molecular flexibility index (Phi) is 5.55. The molecule has 0 aliphatic carbocycles. The second-order valence-corrected chi connectivity index (χ2v) is 4.90. The average molecular weight is 216 g/mol. The van der Waals surface area contributed by atoms with Gasteiger partial charge in [-0.3, -0.25) is 11.3 Å². The molecule has 1 heterocycles. The molecule has 0 aromatic rings. The summed E-state index contributed by atoms with van der Waals surface area (Å²) >= 11 is 1.94. The molecule has 1 saturated heterocycles. The molecule has 0 aromatic heterocycles. The minimum Gasteiger partial charge on any atom is -0.375 e. The molecular weight excluding hydrogens is 196 g/mol. The fourth-order valence-corrected chi connectivity index (χ4v) is 2.46. The summed E-state index contributed by atoms with van der Waals surface area (Å²) in [6.45, 7) is 6.79. The van der Waals surface area contributed by atoms with Gasteiger partial charge in [0.25, 0.3) is 0 Å². The largest absolute Gasteiger partial charge is 0.375 e. The summed E-state index contributed by atoms with van der Waals surface area (Å²) in [7, 11) is 0. The van der Waals surface area contributed by atoms with Crippen molar-refractivity contribution in [1.82, 2.24) is 5.43 Å². The van der Waals surface area contributed by atoms with Crippen LogP contribution < -0.4 is 11.3 Å². The average Bonchev–Trinajstić information content (AvgIpc) is 2.20. The van der Waals surface area contributed by atoms with Gasteiger partial charge in [-0.25, -0.2) is 0 Å². The highest BCUT2D eigenvalue weighted by Gasteiger charge is 2.23. The molecule has 0 spiro atoms. The Morgan fingerprint density at radius 2 is 2.57 bits per heavy atom. The first kappa shape index (κ1) is 12.0. The van der Waals surface area contributed by atoms with Crippen molar-refractivity contribution >= 4 is 11.8 Å². The van der Waals surface area contributed by atoms with Gasteiger partial charge in [-0.1, -0.05) is 5.57 Å². The predicted octanol–water partition coefficient (Wildman–Crippen LogP) is 1.31. The molecule has 3 nitrogen and oxygen atoms in total. The van der Waals surface area contributed by atoms with Crippen LogP contribution in [0, 0.1) is 0 Å². The Bertz CT molecular complexity index is 181. The Balaban J connectivity index is 2.31. The highest BCUT2D eigenvalue weighted by atomic mass is 32.2. The summed E-state index contributed by atoms with van der Waals surface area (Å²) in [6.07, 6.45) is 2.29. The Labute approximate surface area is 90.4 Å². The molecule has 1 rings (SSSR count). The number of thioether (sulfide) groups is 1. The van der Waals surface area contributed by atoms with Crippen molar-refractivity contribution in [3.63, 3.8) is 0 Å². The monoisotopic (exact) mass is 216 g/mol. The normalized spacial score (nSPS) is 24.6. The van der Waals surface area contributed by atoms with E-state index in [0.29, 0.717) is 0 Å². The van der Waals surface area contributed by atoms with Crippen LogP contribution in [-0.2, 0) is 4.74 Å². The molecule has 2 unspecified atom stereocenters. The van der Waals surface area contributed by atoms with Crippen molar-refractivity contribution in [2.24, 2.45) is 5.84 Å². The number of ether oxygens (including phenoxy) is 1. The van der Waals surface area contributed by atoms with Crippen LogP contribution in [0.1, 0.15) is 19.8 Å². The molecule has 0 amide bonds. The van der Waals surface area contributed by atoms with Crippen LogP contribution in [0.4, 0.5) is 0 Å². The van der Waals surface area contributed by atoms with Gasteiger partial charge in [-0.15, -0.1) is 6.58 Å². The second kappa shape index (κ2) is 6.45. The number of rotatable bonds is 5. The van der Waals surface area contributed by atoms with Crippen LogP contribution >= 0.6 is 11.8 Å². The molecule has 1 aliphatic heterocycles. The lowest BCUT2D eigenvalue weighted by atomic mass is 10.0. The zero-order valence-electron chi connectivity index (χ0n) is 8.79.